The Morgan fingerprint density at radius 1 is 0.900 bits per heavy atom. The molecular formula is C16H20N2O2. The van der Waals surface area contributed by atoms with E-state index in [1.54, 1.807) is 0 Å². The summed E-state index contributed by atoms with van der Waals surface area (Å²) in [5.74, 6) is 0.325. The highest BCUT2D eigenvalue weighted by atomic mass is 16.2. The molecule has 1 aromatic carbocycles. The van der Waals surface area contributed by atoms with Crippen molar-refractivity contribution in [3.63, 3.8) is 0 Å². The second-order valence-electron chi connectivity index (χ2n) is 5.67. The molecule has 0 unspecified atom stereocenters. The standard InChI is InChI=1S/C16H20N2O2/c1-12-6-8-13(9-7-12)16(17-10-2-4-14(17)19)18-11-3-5-15(18)20/h6-9,16H,2-5,10-11H2,1H3. The lowest BCUT2D eigenvalue weighted by atomic mass is 10.1. The molecule has 0 spiro atoms. The number of benzene rings is 1. The maximum absolute atomic E-state index is 12.1. The number of hydrogen-bond donors (Lipinski definition) is 0. The number of amides is 2. The SMILES string of the molecule is Cc1ccc(C(N2CCCC2=O)N2CCCC2=O)cc1. The van der Waals surface area contributed by atoms with Crippen molar-refractivity contribution >= 4 is 11.8 Å². The van der Waals surface area contributed by atoms with E-state index < -0.39 is 0 Å². The van der Waals surface area contributed by atoms with Gasteiger partial charge >= 0.3 is 0 Å². The fourth-order valence-corrected chi connectivity index (χ4v) is 3.12. The molecule has 0 aromatic heterocycles. The molecule has 0 radical (unpaired) electrons. The third-order valence-electron chi connectivity index (χ3n) is 4.19. The van der Waals surface area contributed by atoms with Crippen LogP contribution in [0.1, 0.15) is 43.0 Å². The molecule has 2 fully saturated rings. The zero-order valence-electron chi connectivity index (χ0n) is 11.8. The second-order valence-corrected chi connectivity index (χ2v) is 5.67. The summed E-state index contributed by atoms with van der Waals surface area (Å²) in [6.07, 6.45) is 2.78. The van der Waals surface area contributed by atoms with E-state index in [2.05, 4.69) is 0 Å². The number of nitrogens with zero attached hydrogens (tertiary/aromatic N) is 2. The number of hydrogen-bond acceptors (Lipinski definition) is 2. The average Bonchev–Trinajstić information content (AvgIpc) is 3.03. The van der Waals surface area contributed by atoms with Crippen molar-refractivity contribution in [2.45, 2.75) is 38.8 Å². The van der Waals surface area contributed by atoms with Crippen LogP contribution in [0.4, 0.5) is 0 Å². The van der Waals surface area contributed by atoms with E-state index in [0.717, 1.165) is 31.5 Å². The molecule has 2 amide bonds. The monoisotopic (exact) mass is 272 g/mol. The Kier molecular flexibility index (Phi) is 3.47. The van der Waals surface area contributed by atoms with Crippen LogP contribution in [0.2, 0.25) is 0 Å². The molecule has 0 N–H and O–H groups in total. The van der Waals surface area contributed by atoms with Gasteiger partial charge in [0.05, 0.1) is 0 Å². The van der Waals surface area contributed by atoms with E-state index in [-0.39, 0.29) is 18.0 Å². The summed E-state index contributed by atoms with van der Waals surface area (Å²) < 4.78 is 0. The van der Waals surface area contributed by atoms with Crippen LogP contribution >= 0.6 is 0 Å². The van der Waals surface area contributed by atoms with Gasteiger partial charge in [-0.15, -0.1) is 0 Å². The number of aryl methyl sites for hydroxylation is 1. The molecular weight excluding hydrogens is 252 g/mol. The normalized spacial score (nSPS) is 19.5. The Morgan fingerprint density at radius 2 is 1.40 bits per heavy atom. The van der Waals surface area contributed by atoms with Gasteiger partial charge in [-0.3, -0.25) is 9.59 Å². The van der Waals surface area contributed by atoms with Crippen LogP contribution in [-0.2, 0) is 9.59 Å². The highest BCUT2D eigenvalue weighted by Crippen LogP contribution is 2.32. The van der Waals surface area contributed by atoms with Gasteiger partial charge < -0.3 is 9.80 Å². The second kappa shape index (κ2) is 5.27. The van der Waals surface area contributed by atoms with Crippen molar-refractivity contribution in [2.24, 2.45) is 0 Å². The predicted octanol–water partition coefficient (Wildman–Crippen LogP) is 2.24. The van der Waals surface area contributed by atoms with E-state index in [9.17, 15) is 9.59 Å². The summed E-state index contributed by atoms with van der Waals surface area (Å²) in [6, 6.07) is 8.17. The highest BCUT2D eigenvalue weighted by molar-refractivity contribution is 5.81. The molecule has 20 heavy (non-hydrogen) atoms. The summed E-state index contributed by atoms with van der Waals surface area (Å²) in [7, 11) is 0. The predicted molar refractivity (Wildman–Crippen MR) is 75.8 cm³/mol. The van der Waals surface area contributed by atoms with Crippen molar-refractivity contribution < 1.29 is 9.59 Å². The van der Waals surface area contributed by atoms with Gasteiger partial charge in [0.15, 0.2) is 0 Å². The molecule has 0 aliphatic carbocycles. The van der Waals surface area contributed by atoms with Crippen LogP contribution in [0.15, 0.2) is 24.3 Å². The quantitative estimate of drug-likeness (QED) is 0.846. The summed E-state index contributed by atoms with van der Waals surface area (Å²) in [6.45, 7) is 3.54. The first kappa shape index (κ1) is 13.2. The molecule has 0 bridgehead atoms. The van der Waals surface area contributed by atoms with Crippen LogP contribution in [0.25, 0.3) is 0 Å². The van der Waals surface area contributed by atoms with Gasteiger partial charge in [-0.05, 0) is 25.3 Å². The lowest BCUT2D eigenvalue weighted by Gasteiger charge is -2.35. The molecule has 0 atom stereocenters. The van der Waals surface area contributed by atoms with E-state index in [0.29, 0.717) is 12.8 Å². The smallest absolute Gasteiger partial charge is 0.224 e. The molecule has 1 aromatic rings. The first-order valence-corrected chi connectivity index (χ1v) is 7.32. The molecule has 2 heterocycles. The topological polar surface area (TPSA) is 40.6 Å². The molecule has 4 nitrogen and oxygen atoms in total. The summed E-state index contributed by atoms with van der Waals surface area (Å²) >= 11 is 0. The van der Waals surface area contributed by atoms with Crippen LogP contribution in [0, 0.1) is 6.92 Å². The van der Waals surface area contributed by atoms with Gasteiger partial charge in [0.25, 0.3) is 0 Å². The van der Waals surface area contributed by atoms with Gasteiger partial charge in [0.2, 0.25) is 11.8 Å². The van der Waals surface area contributed by atoms with Crippen LogP contribution in [0.5, 0.6) is 0 Å². The Bertz CT molecular complexity index is 498. The van der Waals surface area contributed by atoms with Crippen LogP contribution in [0.3, 0.4) is 0 Å². The largest absolute Gasteiger partial charge is 0.318 e. The van der Waals surface area contributed by atoms with E-state index in [1.807, 2.05) is 41.0 Å². The minimum absolute atomic E-state index is 0.162. The Morgan fingerprint density at radius 3 is 1.80 bits per heavy atom. The Labute approximate surface area is 119 Å². The van der Waals surface area contributed by atoms with Gasteiger partial charge in [-0.2, -0.15) is 0 Å². The lowest BCUT2D eigenvalue weighted by molar-refractivity contribution is -0.140. The maximum Gasteiger partial charge on any atom is 0.224 e. The third kappa shape index (κ3) is 2.30. The molecule has 0 saturated carbocycles. The van der Waals surface area contributed by atoms with Gasteiger partial charge in [0.1, 0.15) is 6.17 Å². The summed E-state index contributed by atoms with van der Waals surface area (Å²) in [5.41, 5.74) is 2.23. The van der Waals surface area contributed by atoms with Crippen molar-refractivity contribution in [1.82, 2.24) is 9.80 Å². The van der Waals surface area contributed by atoms with Gasteiger partial charge in [0, 0.05) is 25.9 Å². The number of carbonyl (C=O) groups excluding carboxylic acids is 2. The van der Waals surface area contributed by atoms with Crippen molar-refractivity contribution in [3.05, 3.63) is 35.4 Å². The molecule has 106 valence electrons. The Hall–Kier alpha value is -1.84. The minimum atomic E-state index is -0.208. The molecule has 2 saturated heterocycles. The fourth-order valence-electron chi connectivity index (χ4n) is 3.12. The van der Waals surface area contributed by atoms with E-state index >= 15 is 0 Å². The van der Waals surface area contributed by atoms with Crippen molar-refractivity contribution in [1.29, 1.82) is 0 Å². The number of likely N-dealkylation sites (tertiary alicyclic amines) is 2. The van der Waals surface area contributed by atoms with Crippen LogP contribution in [-0.4, -0.2) is 34.7 Å². The first-order valence-electron chi connectivity index (χ1n) is 7.32. The van der Waals surface area contributed by atoms with Gasteiger partial charge in [-0.25, -0.2) is 0 Å². The summed E-state index contributed by atoms with van der Waals surface area (Å²) in [4.78, 5) is 28.0. The highest BCUT2D eigenvalue weighted by Gasteiger charge is 2.37. The lowest BCUT2D eigenvalue weighted by Crippen LogP contribution is -2.42. The third-order valence-corrected chi connectivity index (χ3v) is 4.19. The molecule has 2 aliphatic heterocycles. The Balaban J connectivity index is 1.96. The molecule has 4 heteroatoms. The number of rotatable bonds is 3. The molecule has 3 rings (SSSR count). The van der Waals surface area contributed by atoms with Crippen LogP contribution < -0.4 is 0 Å². The molecule has 2 aliphatic rings. The average molecular weight is 272 g/mol. The zero-order chi connectivity index (χ0) is 14.1. The maximum atomic E-state index is 12.1. The van der Waals surface area contributed by atoms with Gasteiger partial charge in [-0.1, -0.05) is 29.8 Å². The van der Waals surface area contributed by atoms with E-state index in [1.165, 1.54) is 5.56 Å². The zero-order valence-corrected chi connectivity index (χ0v) is 11.8. The first-order chi connectivity index (χ1) is 9.66. The minimum Gasteiger partial charge on any atom is -0.318 e. The van der Waals surface area contributed by atoms with E-state index in [4.69, 9.17) is 0 Å². The van der Waals surface area contributed by atoms with Crippen molar-refractivity contribution in [2.75, 3.05) is 13.1 Å². The van der Waals surface area contributed by atoms with Crippen molar-refractivity contribution in [3.8, 4) is 0 Å². The summed E-state index contributed by atoms with van der Waals surface area (Å²) in [5, 5.41) is 0. The number of carbonyl (C=O) groups is 2. The fraction of sp³-hybridized carbons (Fsp3) is 0.500.